The molecule has 0 aliphatic carbocycles. The molecule has 1 amide bonds. The lowest BCUT2D eigenvalue weighted by molar-refractivity contribution is -0.0705. The van der Waals surface area contributed by atoms with Gasteiger partial charge < -0.3 is 10.1 Å². The zero-order valence-corrected chi connectivity index (χ0v) is 19.3. The Bertz CT molecular complexity index is 1030. The Labute approximate surface area is 184 Å². The quantitative estimate of drug-likeness (QED) is 0.684. The van der Waals surface area contributed by atoms with Crippen LogP contribution < -0.4 is 10.0 Å². The molecule has 2 aromatic rings. The molecule has 3 rings (SSSR count). The number of amides is 1. The molecule has 0 spiro atoms. The lowest BCUT2D eigenvalue weighted by atomic mass is 10.0. The molecule has 0 aromatic heterocycles. The van der Waals surface area contributed by atoms with Gasteiger partial charge in [0.25, 0.3) is 5.91 Å². The Morgan fingerprint density at radius 1 is 1.10 bits per heavy atom. The summed E-state index contributed by atoms with van der Waals surface area (Å²) in [6, 6.07) is 12.6. The number of carbonyl (C=O) groups excluding carboxylic acids is 1. The highest BCUT2D eigenvalue weighted by Gasteiger charge is 2.23. The largest absolute Gasteiger partial charge is 0.373 e. The fourth-order valence-electron chi connectivity index (χ4n) is 3.94. The van der Waals surface area contributed by atoms with E-state index in [1.807, 2.05) is 18.2 Å². The van der Waals surface area contributed by atoms with Gasteiger partial charge in [0.1, 0.15) is 0 Å². The Morgan fingerprint density at radius 2 is 1.74 bits per heavy atom. The number of hydrogen-bond donors (Lipinski definition) is 2. The molecule has 31 heavy (non-hydrogen) atoms. The van der Waals surface area contributed by atoms with Crippen molar-refractivity contribution in [2.75, 3.05) is 20.1 Å². The highest BCUT2D eigenvalue weighted by molar-refractivity contribution is 7.89. The summed E-state index contributed by atoms with van der Waals surface area (Å²) in [6.45, 7) is 8.86. The zero-order chi connectivity index (χ0) is 22.6. The average Bonchev–Trinajstić information content (AvgIpc) is 2.72. The number of aryl methyl sites for hydroxylation is 1. The Hall–Kier alpha value is -2.26. The monoisotopic (exact) mass is 445 g/mol. The number of sulfonamides is 1. The number of benzene rings is 2. The first-order valence-corrected chi connectivity index (χ1v) is 11.9. The van der Waals surface area contributed by atoms with Crippen LogP contribution in [0.2, 0.25) is 0 Å². The smallest absolute Gasteiger partial charge is 0.251 e. The van der Waals surface area contributed by atoms with Crippen LogP contribution in [0.15, 0.2) is 47.4 Å². The molecule has 0 radical (unpaired) electrons. The van der Waals surface area contributed by atoms with Gasteiger partial charge in [-0.2, -0.15) is 0 Å². The first-order valence-electron chi connectivity index (χ1n) is 10.5. The van der Waals surface area contributed by atoms with E-state index >= 15 is 0 Å². The molecule has 2 aromatic carbocycles. The number of nitrogens with one attached hydrogen (secondary N) is 2. The van der Waals surface area contributed by atoms with Gasteiger partial charge in [-0.25, -0.2) is 13.1 Å². The van der Waals surface area contributed by atoms with E-state index in [0.717, 1.165) is 36.3 Å². The summed E-state index contributed by atoms with van der Waals surface area (Å²) in [6.07, 6.45) is 0.388. The highest BCUT2D eigenvalue weighted by Crippen LogP contribution is 2.18. The molecule has 2 N–H and O–H groups in total. The second-order valence-corrected chi connectivity index (χ2v) is 9.97. The van der Waals surface area contributed by atoms with Crippen molar-refractivity contribution < 1.29 is 17.9 Å². The average molecular weight is 446 g/mol. The number of hydrogen-bond acceptors (Lipinski definition) is 5. The number of morpholine rings is 1. The Morgan fingerprint density at radius 3 is 2.39 bits per heavy atom. The fraction of sp³-hybridized carbons (Fsp3) is 0.435. The van der Waals surface area contributed by atoms with Crippen LogP contribution in [0.25, 0.3) is 0 Å². The zero-order valence-electron chi connectivity index (χ0n) is 18.5. The standard InChI is InChI=1S/C23H31N3O4S/c1-16-9-10-21(31(28,29)24-4)11-22(16)23(27)25-12-19-7-5-6-8-20(19)15-26-13-17(2)30-18(3)14-26/h5-11,17-18,24H,12-15H2,1-4H3,(H,25,27). The predicted octanol–water partition coefficient (Wildman–Crippen LogP) is 2.44. The van der Waals surface area contributed by atoms with E-state index in [9.17, 15) is 13.2 Å². The third kappa shape index (κ3) is 5.92. The molecule has 2 atom stereocenters. The third-order valence-corrected chi connectivity index (χ3v) is 6.89. The minimum Gasteiger partial charge on any atom is -0.373 e. The van der Waals surface area contributed by atoms with Crippen molar-refractivity contribution >= 4 is 15.9 Å². The van der Waals surface area contributed by atoms with Crippen LogP contribution >= 0.6 is 0 Å². The van der Waals surface area contributed by atoms with E-state index in [1.165, 1.54) is 19.2 Å². The minimum atomic E-state index is -3.62. The van der Waals surface area contributed by atoms with E-state index < -0.39 is 10.0 Å². The van der Waals surface area contributed by atoms with Crippen molar-refractivity contribution in [2.24, 2.45) is 0 Å². The molecule has 1 fully saturated rings. The first-order chi connectivity index (χ1) is 14.7. The maximum absolute atomic E-state index is 12.8. The van der Waals surface area contributed by atoms with Crippen LogP contribution in [0.5, 0.6) is 0 Å². The van der Waals surface area contributed by atoms with Crippen LogP contribution in [0.3, 0.4) is 0 Å². The van der Waals surface area contributed by atoms with Crippen LogP contribution in [-0.4, -0.2) is 51.6 Å². The van der Waals surface area contributed by atoms with E-state index in [4.69, 9.17) is 4.74 Å². The molecule has 1 heterocycles. The van der Waals surface area contributed by atoms with Crippen molar-refractivity contribution in [1.29, 1.82) is 0 Å². The SMILES string of the molecule is CNS(=O)(=O)c1ccc(C)c(C(=O)NCc2ccccc2CN2CC(C)OC(C)C2)c1. The van der Waals surface area contributed by atoms with Gasteiger partial charge in [0, 0.05) is 31.7 Å². The van der Waals surface area contributed by atoms with E-state index in [-0.39, 0.29) is 23.0 Å². The topological polar surface area (TPSA) is 87.7 Å². The van der Waals surface area contributed by atoms with E-state index in [0.29, 0.717) is 12.1 Å². The van der Waals surface area contributed by atoms with Gasteiger partial charge >= 0.3 is 0 Å². The molecule has 7 nitrogen and oxygen atoms in total. The molecular weight excluding hydrogens is 414 g/mol. The molecule has 8 heteroatoms. The van der Waals surface area contributed by atoms with Crippen molar-refractivity contribution in [3.63, 3.8) is 0 Å². The fourth-order valence-corrected chi connectivity index (χ4v) is 4.70. The number of nitrogens with zero attached hydrogens (tertiary/aromatic N) is 1. The second kappa shape index (κ2) is 9.91. The molecule has 168 valence electrons. The molecule has 0 saturated carbocycles. The first kappa shape index (κ1) is 23.4. The van der Waals surface area contributed by atoms with Crippen LogP contribution in [0.1, 0.15) is 40.9 Å². The van der Waals surface area contributed by atoms with Crippen molar-refractivity contribution in [2.45, 2.75) is 51.0 Å². The summed E-state index contributed by atoms with van der Waals surface area (Å²) in [4.78, 5) is 15.3. The summed E-state index contributed by atoms with van der Waals surface area (Å²) in [5.41, 5.74) is 3.27. The van der Waals surface area contributed by atoms with Crippen LogP contribution in [0, 0.1) is 6.92 Å². The maximum atomic E-state index is 12.8. The Kier molecular flexibility index (Phi) is 7.48. The van der Waals surface area contributed by atoms with Gasteiger partial charge in [-0.15, -0.1) is 0 Å². The molecular formula is C23H31N3O4S. The molecule has 2 unspecified atom stereocenters. The van der Waals surface area contributed by atoms with Gasteiger partial charge in [0.2, 0.25) is 10.0 Å². The summed E-state index contributed by atoms with van der Waals surface area (Å²) in [5.74, 6) is -0.297. The minimum absolute atomic E-state index is 0.0710. The van der Waals surface area contributed by atoms with Crippen molar-refractivity contribution in [3.8, 4) is 0 Å². The normalized spacial score (nSPS) is 19.9. The van der Waals surface area contributed by atoms with Gasteiger partial charge in [-0.05, 0) is 56.6 Å². The summed E-state index contributed by atoms with van der Waals surface area (Å²) in [7, 11) is -2.27. The maximum Gasteiger partial charge on any atom is 0.251 e. The summed E-state index contributed by atoms with van der Waals surface area (Å²) >= 11 is 0. The second-order valence-electron chi connectivity index (χ2n) is 8.09. The molecule has 1 aliphatic heterocycles. The summed E-state index contributed by atoms with van der Waals surface area (Å²) in [5, 5.41) is 2.95. The lowest BCUT2D eigenvalue weighted by Crippen LogP contribution is -2.45. The highest BCUT2D eigenvalue weighted by atomic mass is 32.2. The summed E-state index contributed by atoms with van der Waals surface area (Å²) < 4.78 is 32.3. The van der Waals surface area contributed by atoms with Crippen molar-refractivity contribution in [3.05, 3.63) is 64.7 Å². The van der Waals surface area contributed by atoms with Gasteiger partial charge in [0.15, 0.2) is 0 Å². The molecule has 1 saturated heterocycles. The van der Waals surface area contributed by atoms with Gasteiger partial charge in [0.05, 0.1) is 17.1 Å². The number of carbonyl (C=O) groups is 1. The van der Waals surface area contributed by atoms with Gasteiger partial charge in [-0.1, -0.05) is 30.3 Å². The predicted molar refractivity (Wildman–Crippen MR) is 120 cm³/mol. The van der Waals surface area contributed by atoms with E-state index in [1.54, 1.807) is 13.0 Å². The Balaban J connectivity index is 1.72. The van der Waals surface area contributed by atoms with Crippen LogP contribution in [0.4, 0.5) is 0 Å². The molecule has 1 aliphatic rings. The van der Waals surface area contributed by atoms with E-state index in [2.05, 4.69) is 34.9 Å². The van der Waals surface area contributed by atoms with Gasteiger partial charge in [-0.3, -0.25) is 9.69 Å². The van der Waals surface area contributed by atoms with Crippen molar-refractivity contribution in [1.82, 2.24) is 14.9 Å². The number of ether oxygens (including phenoxy) is 1. The van der Waals surface area contributed by atoms with Crippen LogP contribution in [-0.2, 0) is 27.8 Å². The lowest BCUT2D eigenvalue weighted by Gasteiger charge is -2.35. The number of rotatable bonds is 7. The molecule has 0 bridgehead atoms. The third-order valence-electron chi connectivity index (χ3n) is 5.48.